The molecule has 3 rings (SSSR count). The predicted molar refractivity (Wildman–Crippen MR) is 140 cm³/mol. The molecule has 1 atom stereocenters. The minimum Gasteiger partial charge on any atom is -0.480 e. The average Bonchev–Trinajstić information content (AvgIpc) is 2.82. The summed E-state index contributed by atoms with van der Waals surface area (Å²) in [5.41, 5.74) is 0.826. The molecule has 0 radical (unpaired) electrons. The summed E-state index contributed by atoms with van der Waals surface area (Å²) in [6.07, 6.45) is -4.19. The summed E-state index contributed by atoms with van der Waals surface area (Å²) in [4.78, 5) is 24.6. The number of likely N-dealkylation sites (N-methyl/N-ethyl adjacent to an activating group) is 1. The molecule has 1 unspecified atom stereocenters. The Bertz CT molecular complexity index is 1330. The fraction of sp³-hybridized carbons (Fsp3) is 0.286. The van der Waals surface area contributed by atoms with Crippen molar-refractivity contribution in [1.82, 2.24) is 10.2 Å². The molecule has 3 aromatic rings. The third-order valence-electron chi connectivity index (χ3n) is 6.21. The number of hydrogen-bond donors (Lipinski definition) is 3. The fourth-order valence-electron chi connectivity index (χ4n) is 4.57. The van der Waals surface area contributed by atoms with E-state index in [1.165, 1.54) is 19.1 Å². The SMILES string of the molecule is CNC(Cc1cccc2c(/C(C)=C(/c3cc(CN(C)C)ccc3NC=O)C(F)(F)F)cccc12)C(=O)O. The number of carbonyl (C=O) groups is 2. The molecule has 0 spiro atoms. The Kier molecular flexibility index (Phi) is 8.73. The van der Waals surface area contributed by atoms with Crippen molar-refractivity contribution in [2.24, 2.45) is 0 Å². The molecule has 3 N–H and O–H groups in total. The van der Waals surface area contributed by atoms with Crippen molar-refractivity contribution in [1.29, 1.82) is 0 Å². The van der Waals surface area contributed by atoms with Crippen LogP contribution < -0.4 is 10.6 Å². The fourth-order valence-corrected chi connectivity index (χ4v) is 4.57. The van der Waals surface area contributed by atoms with E-state index in [1.807, 2.05) is 19.0 Å². The van der Waals surface area contributed by atoms with Crippen LogP contribution in [0.3, 0.4) is 0 Å². The third kappa shape index (κ3) is 6.36. The van der Waals surface area contributed by atoms with Gasteiger partial charge in [-0.15, -0.1) is 0 Å². The molecule has 0 aliphatic carbocycles. The van der Waals surface area contributed by atoms with Crippen LogP contribution in [-0.4, -0.2) is 55.7 Å². The molecule has 6 nitrogen and oxygen atoms in total. The van der Waals surface area contributed by atoms with Gasteiger partial charge in [0.1, 0.15) is 6.04 Å². The van der Waals surface area contributed by atoms with Gasteiger partial charge in [-0.1, -0.05) is 42.5 Å². The number of nitrogens with one attached hydrogen (secondary N) is 2. The maximum absolute atomic E-state index is 14.7. The van der Waals surface area contributed by atoms with Crippen molar-refractivity contribution >= 4 is 40.0 Å². The Balaban J connectivity index is 2.29. The average molecular weight is 514 g/mol. The zero-order valence-corrected chi connectivity index (χ0v) is 21.1. The summed E-state index contributed by atoms with van der Waals surface area (Å²) in [7, 11) is 5.19. The molecule has 0 aromatic heterocycles. The van der Waals surface area contributed by atoms with Crippen molar-refractivity contribution in [2.75, 3.05) is 26.5 Å². The Morgan fingerprint density at radius 3 is 2.32 bits per heavy atom. The molecule has 0 fully saturated rings. The molecule has 3 aromatic carbocycles. The molecule has 0 saturated heterocycles. The number of anilines is 1. The Morgan fingerprint density at radius 1 is 1.05 bits per heavy atom. The monoisotopic (exact) mass is 513 g/mol. The van der Waals surface area contributed by atoms with Gasteiger partial charge in [-0.2, -0.15) is 13.2 Å². The van der Waals surface area contributed by atoms with Gasteiger partial charge < -0.3 is 20.6 Å². The molecular weight excluding hydrogens is 483 g/mol. The highest BCUT2D eigenvalue weighted by molar-refractivity contribution is 6.04. The van der Waals surface area contributed by atoms with Crippen molar-refractivity contribution in [3.63, 3.8) is 0 Å². The zero-order chi connectivity index (χ0) is 27.3. The van der Waals surface area contributed by atoms with E-state index in [-0.39, 0.29) is 23.2 Å². The van der Waals surface area contributed by atoms with Crippen LogP contribution in [0.4, 0.5) is 18.9 Å². The molecule has 0 saturated carbocycles. The van der Waals surface area contributed by atoms with E-state index < -0.39 is 23.8 Å². The van der Waals surface area contributed by atoms with E-state index in [0.29, 0.717) is 40.4 Å². The quantitative estimate of drug-likeness (QED) is 0.257. The maximum Gasteiger partial charge on any atom is 0.417 e. The highest BCUT2D eigenvalue weighted by atomic mass is 19.4. The van der Waals surface area contributed by atoms with Crippen molar-refractivity contribution in [2.45, 2.75) is 32.1 Å². The van der Waals surface area contributed by atoms with E-state index in [1.54, 1.807) is 49.5 Å². The lowest BCUT2D eigenvalue weighted by Crippen LogP contribution is -2.35. The number of rotatable bonds is 10. The Labute approximate surface area is 213 Å². The van der Waals surface area contributed by atoms with Crippen LogP contribution in [0.1, 0.15) is 29.2 Å². The standard InChI is InChI=1S/C28H30F3N3O3/c1-17(20-8-6-9-21-19(7-5-10-22(20)21)14-25(32-2)27(36)37)26(28(29,30)31)23-13-18(15-34(3)4)11-12-24(23)33-16-35/h5-13,16,25,32H,14-15H2,1-4H3,(H,33,35)(H,36,37)/b26-17-. The van der Waals surface area contributed by atoms with Gasteiger partial charge in [0.2, 0.25) is 6.41 Å². The second-order valence-electron chi connectivity index (χ2n) is 9.08. The predicted octanol–water partition coefficient (Wildman–Crippen LogP) is 5.18. The summed E-state index contributed by atoms with van der Waals surface area (Å²) in [5.74, 6) is -1.01. The van der Waals surface area contributed by atoms with E-state index >= 15 is 0 Å². The number of carbonyl (C=O) groups excluding carboxylic acids is 1. The normalized spacial score (nSPS) is 13.4. The van der Waals surface area contributed by atoms with E-state index in [0.717, 1.165) is 0 Å². The first kappa shape index (κ1) is 27.9. The van der Waals surface area contributed by atoms with E-state index in [2.05, 4.69) is 10.6 Å². The smallest absolute Gasteiger partial charge is 0.417 e. The van der Waals surface area contributed by atoms with Gasteiger partial charge in [-0.25, -0.2) is 0 Å². The molecule has 0 bridgehead atoms. The third-order valence-corrected chi connectivity index (χ3v) is 6.21. The molecule has 9 heteroatoms. The molecule has 37 heavy (non-hydrogen) atoms. The molecule has 1 amide bonds. The van der Waals surface area contributed by atoms with Gasteiger partial charge in [-0.3, -0.25) is 9.59 Å². The van der Waals surface area contributed by atoms with Crippen LogP contribution in [0.2, 0.25) is 0 Å². The Morgan fingerprint density at radius 2 is 1.73 bits per heavy atom. The van der Waals surface area contributed by atoms with Gasteiger partial charge in [0.25, 0.3) is 0 Å². The second-order valence-corrected chi connectivity index (χ2v) is 9.08. The summed E-state index contributed by atoms with van der Waals surface area (Å²) in [5, 5.41) is 15.9. The highest BCUT2D eigenvalue weighted by Crippen LogP contribution is 2.44. The summed E-state index contributed by atoms with van der Waals surface area (Å²) in [6.45, 7) is 1.84. The lowest BCUT2D eigenvalue weighted by Gasteiger charge is -2.22. The number of aliphatic carboxylic acids is 1. The number of carboxylic acid groups (broad SMARTS) is 1. The van der Waals surface area contributed by atoms with Gasteiger partial charge in [0, 0.05) is 17.8 Å². The summed E-state index contributed by atoms with van der Waals surface area (Å²) < 4.78 is 44.1. The van der Waals surface area contributed by atoms with Crippen LogP contribution in [0.15, 0.2) is 54.6 Å². The van der Waals surface area contributed by atoms with Crippen molar-refractivity contribution < 1.29 is 27.9 Å². The van der Waals surface area contributed by atoms with E-state index in [9.17, 15) is 27.9 Å². The van der Waals surface area contributed by atoms with Gasteiger partial charge in [-0.05, 0) is 79.7 Å². The molecule has 0 heterocycles. The first-order valence-electron chi connectivity index (χ1n) is 11.6. The number of alkyl halides is 3. The minimum absolute atomic E-state index is 0.00500. The topological polar surface area (TPSA) is 81.7 Å². The first-order valence-corrected chi connectivity index (χ1v) is 11.6. The van der Waals surface area contributed by atoms with Gasteiger partial charge in [0.05, 0.1) is 5.57 Å². The van der Waals surface area contributed by atoms with Gasteiger partial charge >= 0.3 is 12.1 Å². The second kappa shape index (κ2) is 11.6. The van der Waals surface area contributed by atoms with Gasteiger partial charge in [0.15, 0.2) is 0 Å². The molecule has 0 aliphatic heterocycles. The number of nitrogens with zero attached hydrogens (tertiary/aromatic N) is 1. The lowest BCUT2D eigenvalue weighted by molar-refractivity contribution is -0.139. The number of halogens is 3. The zero-order valence-electron chi connectivity index (χ0n) is 21.1. The van der Waals surface area contributed by atoms with Crippen LogP contribution in [0, 0.1) is 0 Å². The number of benzene rings is 3. The van der Waals surface area contributed by atoms with Crippen LogP contribution >= 0.6 is 0 Å². The summed E-state index contributed by atoms with van der Waals surface area (Å²) in [6, 6.07) is 14.1. The van der Waals surface area contributed by atoms with Crippen LogP contribution in [-0.2, 0) is 22.6 Å². The van der Waals surface area contributed by atoms with E-state index in [4.69, 9.17) is 0 Å². The summed E-state index contributed by atoms with van der Waals surface area (Å²) >= 11 is 0. The number of carboxylic acids is 1. The molecule has 196 valence electrons. The number of amides is 1. The van der Waals surface area contributed by atoms with Crippen LogP contribution in [0.25, 0.3) is 21.9 Å². The number of fused-ring (bicyclic) bond motifs is 1. The number of allylic oxidation sites excluding steroid dienone is 2. The minimum atomic E-state index is -4.72. The maximum atomic E-state index is 14.7. The van der Waals surface area contributed by atoms with Crippen molar-refractivity contribution in [3.05, 3.63) is 76.9 Å². The highest BCUT2D eigenvalue weighted by Gasteiger charge is 2.38. The number of hydrogen-bond acceptors (Lipinski definition) is 4. The Hall–Kier alpha value is -3.69. The largest absolute Gasteiger partial charge is 0.480 e. The lowest BCUT2D eigenvalue weighted by atomic mass is 9.89. The van der Waals surface area contributed by atoms with Crippen LogP contribution in [0.5, 0.6) is 0 Å². The molecule has 0 aliphatic rings. The first-order chi connectivity index (χ1) is 17.5. The van der Waals surface area contributed by atoms with Crippen molar-refractivity contribution in [3.8, 4) is 0 Å². The molecular formula is C28H30F3N3O3.